The van der Waals surface area contributed by atoms with Crippen LogP contribution in [-0.4, -0.2) is 24.1 Å². The smallest absolute Gasteiger partial charge is 0.186 e. The molecule has 0 spiro atoms. The molecule has 0 aromatic carbocycles. The minimum atomic E-state index is 0.542. The second kappa shape index (κ2) is 7.41. The zero-order chi connectivity index (χ0) is 14.5. The Balaban J connectivity index is 2.20. The van der Waals surface area contributed by atoms with Crippen molar-refractivity contribution in [3.05, 3.63) is 10.6 Å². The van der Waals surface area contributed by atoms with E-state index < -0.39 is 0 Å². The summed E-state index contributed by atoms with van der Waals surface area (Å²) in [7, 11) is 0. The van der Waals surface area contributed by atoms with Gasteiger partial charge in [0.1, 0.15) is 0 Å². The average molecular weight is 295 g/mol. The van der Waals surface area contributed by atoms with Gasteiger partial charge in [0.2, 0.25) is 0 Å². The topological polar surface area (TPSA) is 28.2 Å². The standard InChI is InChI=1S/C16H29N3S/c1-5-11-17-13-9-8-10-14-15(13)20-16(18-14)19(7-3)12(4)6-2/h12-13,17H,5-11H2,1-4H3. The molecule has 20 heavy (non-hydrogen) atoms. The van der Waals surface area contributed by atoms with Crippen LogP contribution in [-0.2, 0) is 6.42 Å². The van der Waals surface area contributed by atoms with Crippen LogP contribution >= 0.6 is 11.3 Å². The molecule has 0 saturated carbocycles. The number of thiazole rings is 1. The van der Waals surface area contributed by atoms with Crippen molar-refractivity contribution in [2.24, 2.45) is 0 Å². The van der Waals surface area contributed by atoms with Crippen LogP contribution in [0.25, 0.3) is 0 Å². The highest BCUT2D eigenvalue weighted by atomic mass is 32.1. The highest BCUT2D eigenvalue weighted by Crippen LogP contribution is 2.38. The van der Waals surface area contributed by atoms with Gasteiger partial charge in [0.05, 0.1) is 5.69 Å². The van der Waals surface area contributed by atoms with Crippen LogP contribution in [0.15, 0.2) is 0 Å². The molecular weight excluding hydrogens is 266 g/mol. The Morgan fingerprint density at radius 3 is 2.85 bits per heavy atom. The molecule has 1 N–H and O–H groups in total. The van der Waals surface area contributed by atoms with E-state index >= 15 is 0 Å². The lowest BCUT2D eigenvalue weighted by Gasteiger charge is -2.26. The van der Waals surface area contributed by atoms with Crippen molar-refractivity contribution in [3.63, 3.8) is 0 Å². The van der Waals surface area contributed by atoms with Crippen LogP contribution in [0.5, 0.6) is 0 Å². The quantitative estimate of drug-likeness (QED) is 0.819. The SMILES string of the molecule is CCCNC1CCCc2nc(N(CC)C(C)CC)sc21. The number of hydrogen-bond acceptors (Lipinski definition) is 4. The fraction of sp³-hybridized carbons (Fsp3) is 0.812. The van der Waals surface area contributed by atoms with Crippen LogP contribution in [0.1, 0.15) is 70.0 Å². The first-order valence-electron chi connectivity index (χ1n) is 8.20. The third kappa shape index (κ3) is 3.34. The number of rotatable bonds is 7. The number of nitrogens with zero attached hydrogens (tertiary/aromatic N) is 2. The predicted octanol–water partition coefficient (Wildman–Crippen LogP) is 4.14. The van der Waals surface area contributed by atoms with E-state index in [2.05, 4.69) is 37.9 Å². The van der Waals surface area contributed by atoms with Gasteiger partial charge in [-0.3, -0.25) is 0 Å². The molecule has 4 heteroatoms. The molecule has 0 saturated heterocycles. The summed E-state index contributed by atoms with van der Waals surface area (Å²) in [6.07, 6.45) is 6.08. The van der Waals surface area contributed by atoms with E-state index in [1.165, 1.54) is 41.4 Å². The first kappa shape index (κ1) is 15.8. The Kier molecular flexibility index (Phi) is 5.85. The maximum atomic E-state index is 4.95. The Labute approximate surface area is 127 Å². The normalized spacial score (nSPS) is 19.7. The molecule has 0 radical (unpaired) electrons. The third-order valence-electron chi connectivity index (χ3n) is 4.29. The van der Waals surface area contributed by atoms with Gasteiger partial charge in [-0.05, 0) is 52.5 Å². The van der Waals surface area contributed by atoms with Gasteiger partial charge in [-0.1, -0.05) is 25.2 Å². The number of anilines is 1. The Hall–Kier alpha value is -0.610. The van der Waals surface area contributed by atoms with Gasteiger partial charge in [-0.25, -0.2) is 4.98 Å². The summed E-state index contributed by atoms with van der Waals surface area (Å²) in [4.78, 5) is 8.91. The Morgan fingerprint density at radius 2 is 2.20 bits per heavy atom. The number of aryl methyl sites for hydroxylation is 1. The predicted molar refractivity (Wildman–Crippen MR) is 88.9 cm³/mol. The lowest BCUT2D eigenvalue weighted by Crippen LogP contribution is -2.32. The largest absolute Gasteiger partial charge is 0.346 e. The lowest BCUT2D eigenvalue weighted by atomic mass is 9.98. The zero-order valence-electron chi connectivity index (χ0n) is 13.4. The van der Waals surface area contributed by atoms with Crippen molar-refractivity contribution in [2.75, 3.05) is 18.0 Å². The van der Waals surface area contributed by atoms with Crippen LogP contribution < -0.4 is 10.2 Å². The van der Waals surface area contributed by atoms with Crippen LogP contribution in [0.4, 0.5) is 5.13 Å². The summed E-state index contributed by atoms with van der Waals surface area (Å²) in [5, 5.41) is 4.93. The van der Waals surface area contributed by atoms with Crippen molar-refractivity contribution in [3.8, 4) is 0 Å². The van der Waals surface area contributed by atoms with Crippen LogP contribution in [0.3, 0.4) is 0 Å². The van der Waals surface area contributed by atoms with Crippen molar-refractivity contribution in [1.29, 1.82) is 0 Å². The summed E-state index contributed by atoms with van der Waals surface area (Å²) in [5.74, 6) is 0. The highest BCUT2D eigenvalue weighted by molar-refractivity contribution is 7.15. The molecular formula is C16H29N3S. The monoisotopic (exact) mass is 295 g/mol. The molecule has 0 aliphatic heterocycles. The van der Waals surface area contributed by atoms with Crippen molar-refractivity contribution in [1.82, 2.24) is 10.3 Å². The van der Waals surface area contributed by atoms with Crippen molar-refractivity contribution < 1.29 is 0 Å². The number of fused-ring (bicyclic) bond motifs is 1. The summed E-state index contributed by atoms with van der Waals surface area (Å²) in [6.45, 7) is 11.2. The molecule has 0 bridgehead atoms. The summed E-state index contributed by atoms with van der Waals surface area (Å²) >= 11 is 1.92. The molecule has 1 aliphatic carbocycles. The average Bonchev–Trinajstić information content (AvgIpc) is 2.89. The minimum Gasteiger partial charge on any atom is -0.346 e. The maximum absolute atomic E-state index is 4.95. The molecule has 2 rings (SSSR count). The molecule has 1 aromatic heterocycles. The van der Waals surface area contributed by atoms with Gasteiger partial charge in [-0.2, -0.15) is 0 Å². The molecule has 0 amide bonds. The van der Waals surface area contributed by atoms with Crippen molar-refractivity contribution >= 4 is 16.5 Å². The van der Waals surface area contributed by atoms with Crippen LogP contribution in [0, 0.1) is 0 Å². The fourth-order valence-electron chi connectivity index (χ4n) is 2.90. The number of aromatic nitrogens is 1. The molecule has 2 unspecified atom stereocenters. The van der Waals surface area contributed by atoms with Crippen molar-refractivity contribution in [2.45, 2.75) is 71.9 Å². The van der Waals surface area contributed by atoms with E-state index in [1.54, 1.807) is 0 Å². The van der Waals surface area contributed by atoms with Gasteiger partial charge in [0.25, 0.3) is 0 Å². The summed E-state index contributed by atoms with van der Waals surface area (Å²) < 4.78 is 0. The minimum absolute atomic E-state index is 0.542. The summed E-state index contributed by atoms with van der Waals surface area (Å²) in [5.41, 5.74) is 1.35. The second-order valence-electron chi connectivity index (χ2n) is 5.75. The molecule has 0 fully saturated rings. The summed E-state index contributed by atoms with van der Waals surface area (Å²) in [6, 6.07) is 1.12. The van der Waals surface area contributed by atoms with E-state index in [4.69, 9.17) is 4.98 Å². The first-order chi connectivity index (χ1) is 9.71. The van der Waals surface area contributed by atoms with Gasteiger partial charge in [0, 0.05) is 23.5 Å². The number of hydrogen-bond donors (Lipinski definition) is 1. The van der Waals surface area contributed by atoms with Gasteiger partial charge < -0.3 is 10.2 Å². The van der Waals surface area contributed by atoms with E-state index in [0.29, 0.717) is 12.1 Å². The molecule has 1 heterocycles. The third-order valence-corrected chi connectivity index (χ3v) is 5.54. The highest BCUT2D eigenvalue weighted by Gasteiger charge is 2.26. The van der Waals surface area contributed by atoms with E-state index in [-0.39, 0.29) is 0 Å². The second-order valence-corrected chi connectivity index (χ2v) is 6.76. The Morgan fingerprint density at radius 1 is 1.40 bits per heavy atom. The first-order valence-corrected chi connectivity index (χ1v) is 9.02. The van der Waals surface area contributed by atoms with E-state index in [9.17, 15) is 0 Å². The molecule has 1 aliphatic rings. The van der Waals surface area contributed by atoms with E-state index in [0.717, 1.165) is 19.5 Å². The number of nitrogens with one attached hydrogen (secondary N) is 1. The molecule has 114 valence electrons. The molecule has 2 atom stereocenters. The Bertz CT molecular complexity index is 416. The molecule has 3 nitrogen and oxygen atoms in total. The maximum Gasteiger partial charge on any atom is 0.186 e. The van der Waals surface area contributed by atoms with Crippen LogP contribution in [0.2, 0.25) is 0 Å². The van der Waals surface area contributed by atoms with Gasteiger partial charge in [0.15, 0.2) is 5.13 Å². The zero-order valence-corrected chi connectivity index (χ0v) is 14.2. The lowest BCUT2D eigenvalue weighted by molar-refractivity contribution is 0.464. The molecule has 1 aromatic rings. The fourth-order valence-corrected chi connectivity index (χ4v) is 4.29. The van der Waals surface area contributed by atoms with Gasteiger partial charge >= 0.3 is 0 Å². The van der Waals surface area contributed by atoms with Gasteiger partial charge in [-0.15, -0.1) is 0 Å². The van der Waals surface area contributed by atoms with E-state index in [1.807, 2.05) is 11.3 Å².